The highest BCUT2D eigenvalue weighted by Crippen LogP contribution is 2.38. The van der Waals surface area contributed by atoms with Crippen LogP contribution in [0.2, 0.25) is 5.02 Å². The van der Waals surface area contributed by atoms with E-state index in [4.69, 9.17) is 20.9 Å². The van der Waals surface area contributed by atoms with Crippen molar-refractivity contribution in [2.75, 3.05) is 0 Å². The van der Waals surface area contributed by atoms with Crippen LogP contribution in [0.25, 0.3) is 0 Å². The molecule has 19 heavy (non-hydrogen) atoms. The summed E-state index contributed by atoms with van der Waals surface area (Å²) in [7, 11) is -0.688. The highest BCUT2D eigenvalue weighted by Gasteiger charge is 2.51. The van der Waals surface area contributed by atoms with Crippen molar-refractivity contribution in [2.45, 2.75) is 45.2 Å². The predicted octanol–water partition coefficient (Wildman–Crippen LogP) is 3.79. The molecule has 1 heterocycles. The fourth-order valence-electron chi connectivity index (χ4n) is 1.97. The van der Waals surface area contributed by atoms with Crippen LogP contribution in [0.4, 0.5) is 8.78 Å². The van der Waals surface area contributed by atoms with Gasteiger partial charge in [-0.2, -0.15) is 0 Å². The Balaban J connectivity index is 2.23. The van der Waals surface area contributed by atoms with Crippen LogP contribution in [0.1, 0.15) is 33.3 Å². The highest BCUT2D eigenvalue weighted by atomic mass is 35.5. The zero-order chi connectivity index (χ0) is 14.4. The van der Waals surface area contributed by atoms with Gasteiger partial charge in [0.1, 0.15) is 11.6 Å². The summed E-state index contributed by atoms with van der Waals surface area (Å²) in [4.78, 5) is 0. The number of benzene rings is 1. The third-order valence-corrected chi connectivity index (χ3v) is 4.10. The largest absolute Gasteiger partial charge is 0.462 e. The van der Waals surface area contributed by atoms with Crippen LogP contribution in [0, 0.1) is 11.6 Å². The summed E-state index contributed by atoms with van der Waals surface area (Å²) in [6.45, 7) is 7.55. The fourth-order valence-corrected chi connectivity index (χ4v) is 2.15. The second kappa shape index (κ2) is 4.72. The topological polar surface area (TPSA) is 18.5 Å². The van der Waals surface area contributed by atoms with Gasteiger partial charge in [0, 0.05) is 11.9 Å². The van der Waals surface area contributed by atoms with Crippen molar-refractivity contribution in [3.8, 4) is 0 Å². The van der Waals surface area contributed by atoms with Crippen molar-refractivity contribution >= 4 is 18.7 Å². The van der Waals surface area contributed by atoms with Crippen molar-refractivity contribution in [3.63, 3.8) is 0 Å². The minimum Gasteiger partial charge on any atom is -0.403 e. The molecule has 0 saturated carbocycles. The molecule has 0 unspecified atom stereocenters. The molecule has 0 radical (unpaired) electrons. The molecule has 1 aromatic carbocycles. The summed E-state index contributed by atoms with van der Waals surface area (Å²) in [5, 5.41) is -0.104. The van der Waals surface area contributed by atoms with Gasteiger partial charge in [0.15, 0.2) is 0 Å². The summed E-state index contributed by atoms with van der Waals surface area (Å²) >= 11 is 5.66. The number of halogens is 3. The quantitative estimate of drug-likeness (QED) is 0.609. The lowest BCUT2D eigenvalue weighted by Crippen LogP contribution is -2.41. The molecule has 1 aromatic rings. The molecule has 2 rings (SSSR count). The zero-order valence-corrected chi connectivity index (χ0v) is 12.1. The molecule has 0 atom stereocenters. The monoisotopic (exact) mass is 288 g/mol. The van der Waals surface area contributed by atoms with Crippen LogP contribution >= 0.6 is 11.6 Å². The van der Waals surface area contributed by atoms with E-state index in [2.05, 4.69) is 0 Å². The van der Waals surface area contributed by atoms with Gasteiger partial charge in [0.25, 0.3) is 0 Å². The Kier molecular flexibility index (Phi) is 3.67. The Hall–Kier alpha value is -0.645. The molecule has 104 valence electrons. The SMILES string of the molecule is CC1(C)OB(Cc2c(F)ccc(Cl)c2F)OC1(C)C. The van der Waals surface area contributed by atoms with E-state index >= 15 is 0 Å². The first kappa shape index (κ1) is 14.8. The van der Waals surface area contributed by atoms with E-state index in [1.165, 1.54) is 6.07 Å². The third-order valence-electron chi connectivity index (χ3n) is 3.81. The van der Waals surface area contributed by atoms with E-state index < -0.39 is 30.0 Å². The van der Waals surface area contributed by atoms with Crippen LogP contribution in [-0.4, -0.2) is 18.3 Å². The van der Waals surface area contributed by atoms with E-state index in [1.807, 2.05) is 27.7 Å². The van der Waals surface area contributed by atoms with Crippen molar-refractivity contribution in [2.24, 2.45) is 0 Å². The average Bonchev–Trinajstić information content (AvgIpc) is 2.48. The molecular weight excluding hydrogens is 272 g/mol. The van der Waals surface area contributed by atoms with E-state index in [-0.39, 0.29) is 16.9 Å². The van der Waals surface area contributed by atoms with Gasteiger partial charge in [0.2, 0.25) is 0 Å². The first-order chi connectivity index (χ1) is 8.64. The van der Waals surface area contributed by atoms with Gasteiger partial charge >= 0.3 is 7.12 Å². The third kappa shape index (κ3) is 2.64. The Labute approximate surface area is 117 Å². The van der Waals surface area contributed by atoms with Crippen molar-refractivity contribution in [1.82, 2.24) is 0 Å². The van der Waals surface area contributed by atoms with E-state index in [0.717, 1.165) is 6.07 Å². The number of rotatable bonds is 2. The lowest BCUT2D eigenvalue weighted by atomic mass is 9.80. The van der Waals surface area contributed by atoms with Crippen LogP contribution in [0.15, 0.2) is 12.1 Å². The van der Waals surface area contributed by atoms with Gasteiger partial charge in [-0.1, -0.05) is 11.6 Å². The molecule has 2 nitrogen and oxygen atoms in total. The Morgan fingerprint density at radius 1 is 1.11 bits per heavy atom. The van der Waals surface area contributed by atoms with Gasteiger partial charge in [-0.25, -0.2) is 8.78 Å². The lowest BCUT2D eigenvalue weighted by molar-refractivity contribution is 0.00578. The van der Waals surface area contributed by atoms with Gasteiger partial charge in [-0.05, 0) is 39.8 Å². The molecule has 1 saturated heterocycles. The summed E-state index contributed by atoms with van der Waals surface area (Å²) in [5.74, 6) is -1.40. The molecule has 0 aromatic heterocycles. The fraction of sp³-hybridized carbons (Fsp3) is 0.538. The van der Waals surface area contributed by atoms with Crippen molar-refractivity contribution in [3.05, 3.63) is 34.4 Å². The van der Waals surface area contributed by atoms with Gasteiger partial charge in [-0.15, -0.1) is 0 Å². The second-order valence-electron chi connectivity index (χ2n) is 5.71. The second-order valence-corrected chi connectivity index (χ2v) is 6.12. The Morgan fingerprint density at radius 2 is 1.63 bits per heavy atom. The number of hydrogen-bond donors (Lipinski definition) is 0. The molecule has 1 aliphatic heterocycles. The lowest BCUT2D eigenvalue weighted by Gasteiger charge is -2.32. The van der Waals surface area contributed by atoms with Crippen LogP contribution in [0.3, 0.4) is 0 Å². The maximum absolute atomic E-state index is 13.8. The van der Waals surface area contributed by atoms with Crippen LogP contribution in [-0.2, 0) is 15.6 Å². The van der Waals surface area contributed by atoms with E-state index in [9.17, 15) is 8.78 Å². The molecule has 0 aliphatic carbocycles. The normalized spacial score (nSPS) is 20.9. The standard InChI is InChI=1S/C13H16BClF2O2/c1-12(2)13(3,4)19-14(18-12)7-8-10(16)6-5-9(15)11(8)17/h5-6H,7H2,1-4H3. The minimum atomic E-state index is -0.753. The molecular formula is C13H16BClF2O2. The molecule has 0 spiro atoms. The maximum Gasteiger partial charge on any atom is 0.462 e. The van der Waals surface area contributed by atoms with Crippen molar-refractivity contribution < 1.29 is 18.1 Å². The zero-order valence-electron chi connectivity index (χ0n) is 11.4. The van der Waals surface area contributed by atoms with Gasteiger partial charge in [-0.3, -0.25) is 0 Å². The molecule has 0 amide bonds. The summed E-state index contributed by atoms with van der Waals surface area (Å²) in [6, 6.07) is 2.34. The number of hydrogen-bond acceptors (Lipinski definition) is 2. The van der Waals surface area contributed by atoms with Crippen molar-refractivity contribution in [1.29, 1.82) is 0 Å². The maximum atomic E-state index is 13.8. The first-order valence-electron chi connectivity index (χ1n) is 6.12. The van der Waals surface area contributed by atoms with Gasteiger partial charge < -0.3 is 9.31 Å². The first-order valence-corrected chi connectivity index (χ1v) is 6.50. The van der Waals surface area contributed by atoms with Crippen LogP contribution < -0.4 is 0 Å². The molecule has 0 bridgehead atoms. The van der Waals surface area contributed by atoms with Gasteiger partial charge in [0.05, 0.1) is 16.2 Å². The highest BCUT2D eigenvalue weighted by molar-refractivity contribution is 6.45. The molecule has 1 fully saturated rings. The summed E-state index contributed by atoms with van der Waals surface area (Å²) in [5.41, 5.74) is -1.15. The minimum absolute atomic E-state index is 0.00884. The molecule has 6 heteroatoms. The van der Waals surface area contributed by atoms with E-state index in [1.54, 1.807) is 0 Å². The van der Waals surface area contributed by atoms with Crippen LogP contribution in [0.5, 0.6) is 0 Å². The summed E-state index contributed by atoms with van der Waals surface area (Å²) < 4.78 is 38.9. The summed E-state index contributed by atoms with van der Waals surface area (Å²) in [6.07, 6.45) is -0.00884. The molecule has 0 N–H and O–H groups in total. The Bertz CT molecular complexity index is 490. The Morgan fingerprint density at radius 3 is 2.16 bits per heavy atom. The van der Waals surface area contributed by atoms with E-state index in [0.29, 0.717) is 0 Å². The molecule has 1 aliphatic rings. The predicted molar refractivity (Wildman–Crippen MR) is 71.2 cm³/mol. The smallest absolute Gasteiger partial charge is 0.403 e. The average molecular weight is 289 g/mol.